The molecule has 2 fully saturated rings. The topological polar surface area (TPSA) is 15.7 Å². The smallest absolute Gasteiger partial charge is 0.0480 e. The Kier molecular flexibility index (Phi) is 4.00. The molecule has 0 spiro atoms. The molecule has 0 aromatic rings. The minimum absolute atomic E-state index is 0.710. The molecule has 0 N–H and O–H groups in total. The SMILES string of the molecule is CC(C)N1CCN(C2CCOCC2)CC1. The normalized spacial score (nSPS) is 27.4. The second kappa shape index (κ2) is 5.28. The standard InChI is InChI=1S/C12H24N2O/c1-11(2)13-5-7-14(8-6-13)12-3-9-15-10-4-12/h11-12H,3-10H2,1-2H3. The Morgan fingerprint density at radius 1 is 1.00 bits per heavy atom. The van der Waals surface area contributed by atoms with Crippen LogP contribution >= 0.6 is 0 Å². The van der Waals surface area contributed by atoms with Crippen LogP contribution in [0.25, 0.3) is 0 Å². The first kappa shape index (κ1) is 11.4. The lowest BCUT2D eigenvalue weighted by Gasteiger charge is -2.41. The van der Waals surface area contributed by atoms with E-state index < -0.39 is 0 Å². The van der Waals surface area contributed by atoms with Gasteiger partial charge in [-0.2, -0.15) is 0 Å². The first-order valence-electron chi connectivity index (χ1n) is 6.33. The van der Waals surface area contributed by atoms with Crippen molar-refractivity contribution in [3.8, 4) is 0 Å². The zero-order valence-corrected chi connectivity index (χ0v) is 10.1. The molecule has 3 heteroatoms. The molecule has 0 radical (unpaired) electrons. The van der Waals surface area contributed by atoms with Crippen molar-refractivity contribution in [2.75, 3.05) is 39.4 Å². The molecule has 2 saturated heterocycles. The van der Waals surface area contributed by atoms with E-state index in [0.29, 0.717) is 6.04 Å². The van der Waals surface area contributed by atoms with Crippen LogP contribution in [0.1, 0.15) is 26.7 Å². The molecule has 3 nitrogen and oxygen atoms in total. The largest absolute Gasteiger partial charge is 0.381 e. The molecule has 0 aromatic heterocycles. The lowest BCUT2D eigenvalue weighted by atomic mass is 10.1. The van der Waals surface area contributed by atoms with Crippen molar-refractivity contribution in [1.29, 1.82) is 0 Å². The van der Waals surface area contributed by atoms with Crippen LogP contribution in [0.3, 0.4) is 0 Å². The zero-order chi connectivity index (χ0) is 10.7. The lowest BCUT2D eigenvalue weighted by molar-refractivity contribution is 0.00904. The van der Waals surface area contributed by atoms with Crippen LogP contribution in [0, 0.1) is 0 Å². The van der Waals surface area contributed by atoms with Gasteiger partial charge in [0.05, 0.1) is 0 Å². The fourth-order valence-electron chi connectivity index (χ4n) is 2.67. The van der Waals surface area contributed by atoms with Crippen LogP contribution in [0.5, 0.6) is 0 Å². The number of nitrogens with zero attached hydrogens (tertiary/aromatic N) is 2. The quantitative estimate of drug-likeness (QED) is 0.684. The van der Waals surface area contributed by atoms with Crippen LogP contribution in [-0.2, 0) is 4.74 Å². The summed E-state index contributed by atoms with van der Waals surface area (Å²) in [7, 11) is 0. The molecule has 15 heavy (non-hydrogen) atoms. The number of piperazine rings is 1. The van der Waals surface area contributed by atoms with Crippen LogP contribution in [-0.4, -0.2) is 61.3 Å². The first-order valence-corrected chi connectivity index (χ1v) is 6.33. The molecule has 2 rings (SSSR count). The Balaban J connectivity index is 1.77. The minimum Gasteiger partial charge on any atom is -0.381 e. The highest BCUT2D eigenvalue weighted by Gasteiger charge is 2.25. The van der Waals surface area contributed by atoms with Crippen molar-refractivity contribution in [3.05, 3.63) is 0 Å². The van der Waals surface area contributed by atoms with Gasteiger partial charge in [-0.25, -0.2) is 0 Å². The highest BCUT2D eigenvalue weighted by molar-refractivity contribution is 4.81. The first-order chi connectivity index (χ1) is 7.27. The molecule has 2 aliphatic heterocycles. The van der Waals surface area contributed by atoms with E-state index in [4.69, 9.17) is 4.74 Å². The second-order valence-corrected chi connectivity index (χ2v) is 5.01. The van der Waals surface area contributed by atoms with Gasteiger partial charge in [-0.05, 0) is 26.7 Å². The Morgan fingerprint density at radius 3 is 2.13 bits per heavy atom. The minimum atomic E-state index is 0.710. The number of hydrogen-bond donors (Lipinski definition) is 0. The Bertz CT molecular complexity index is 182. The third-order valence-electron chi connectivity index (χ3n) is 3.79. The maximum atomic E-state index is 5.41. The maximum absolute atomic E-state index is 5.41. The van der Waals surface area contributed by atoms with E-state index in [1.54, 1.807) is 0 Å². The monoisotopic (exact) mass is 212 g/mol. The van der Waals surface area contributed by atoms with Gasteiger partial charge in [-0.3, -0.25) is 9.80 Å². The second-order valence-electron chi connectivity index (χ2n) is 5.01. The molecule has 88 valence electrons. The van der Waals surface area contributed by atoms with Crippen molar-refractivity contribution in [2.24, 2.45) is 0 Å². The summed E-state index contributed by atoms with van der Waals surface area (Å²) in [6.45, 7) is 11.5. The van der Waals surface area contributed by atoms with Crippen molar-refractivity contribution in [2.45, 2.75) is 38.8 Å². The summed E-state index contributed by atoms with van der Waals surface area (Å²) >= 11 is 0. The van der Waals surface area contributed by atoms with Gasteiger partial charge in [-0.1, -0.05) is 0 Å². The van der Waals surface area contributed by atoms with Crippen molar-refractivity contribution < 1.29 is 4.74 Å². The number of ether oxygens (including phenoxy) is 1. The van der Waals surface area contributed by atoms with E-state index in [-0.39, 0.29) is 0 Å². The van der Waals surface area contributed by atoms with Gasteiger partial charge in [0.2, 0.25) is 0 Å². The van der Waals surface area contributed by atoms with E-state index >= 15 is 0 Å². The average molecular weight is 212 g/mol. The Morgan fingerprint density at radius 2 is 1.60 bits per heavy atom. The van der Waals surface area contributed by atoms with Crippen molar-refractivity contribution in [3.63, 3.8) is 0 Å². The third-order valence-corrected chi connectivity index (χ3v) is 3.79. The highest BCUT2D eigenvalue weighted by atomic mass is 16.5. The van der Waals surface area contributed by atoms with E-state index in [1.807, 2.05) is 0 Å². The zero-order valence-electron chi connectivity index (χ0n) is 10.1. The molecule has 0 bridgehead atoms. The Labute approximate surface area is 93.4 Å². The summed E-state index contributed by atoms with van der Waals surface area (Å²) in [5.41, 5.74) is 0. The van der Waals surface area contributed by atoms with Crippen molar-refractivity contribution >= 4 is 0 Å². The lowest BCUT2D eigenvalue weighted by Crippen LogP contribution is -2.53. The molecule has 0 atom stereocenters. The maximum Gasteiger partial charge on any atom is 0.0480 e. The van der Waals surface area contributed by atoms with E-state index in [0.717, 1.165) is 19.3 Å². The van der Waals surface area contributed by atoms with E-state index in [2.05, 4.69) is 23.6 Å². The summed E-state index contributed by atoms with van der Waals surface area (Å²) < 4.78 is 5.41. The predicted octanol–water partition coefficient (Wildman–Crippen LogP) is 1.19. The molecular weight excluding hydrogens is 188 g/mol. The van der Waals surface area contributed by atoms with Gasteiger partial charge in [0.15, 0.2) is 0 Å². The highest BCUT2D eigenvalue weighted by Crippen LogP contribution is 2.17. The molecule has 0 amide bonds. The van der Waals surface area contributed by atoms with E-state index in [1.165, 1.54) is 39.0 Å². The molecule has 2 aliphatic rings. The molecule has 0 unspecified atom stereocenters. The van der Waals surface area contributed by atoms with Gasteiger partial charge >= 0.3 is 0 Å². The number of rotatable bonds is 2. The van der Waals surface area contributed by atoms with Crippen LogP contribution in [0.2, 0.25) is 0 Å². The van der Waals surface area contributed by atoms with Gasteiger partial charge in [-0.15, -0.1) is 0 Å². The van der Waals surface area contributed by atoms with Crippen LogP contribution < -0.4 is 0 Å². The van der Waals surface area contributed by atoms with Crippen LogP contribution in [0.15, 0.2) is 0 Å². The third kappa shape index (κ3) is 2.92. The van der Waals surface area contributed by atoms with Crippen LogP contribution in [0.4, 0.5) is 0 Å². The molecule has 0 aliphatic carbocycles. The summed E-state index contributed by atoms with van der Waals surface area (Å²) in [6, 6.07) is 1.51. The van der Waals surface area contributed by atoms with Crippen molar-refractivity contribution in [1.82, 2.24) is 9.80 Å². The molecule has 2 heterocycles. The molecule has 0 aromatic carbocycles. The molecular formula is C12H24N2O. The Hall–Kier alpha value is -0.120. The average Bonchev–Trinajstić information content (AvgIpc) is 2.30. The summed E-state index contributed by atoms with van der Waals surface area (Å²) in [6.07, 6.45) is 2.48. The number of hydrogen-bond acceptors (Lipinski definition) is 3. The summed E-state index contributed by atoms with van der Waals surface area (Å²) in [4.78, 5) is 5.25. The van der Waals surface area contributed by atoms with Gasteiger partial charge in [0.25, 0.3) is 0 Å². The molecule has 0 saturated carbocycles. The predicted molar refractivity (Wildman–Crippen MR) is 62.1 cm³/mol. The fraction of sp³-hybridized carbons (Fsp3) is 1.00. The van der Waals surface area contributed by atoms with Gasteiger partial charge in [0, 0.05) is 51.5 Å². The summed E-state index contributed by atoms with van der Waals surface area (Å²) in [5.74, 6) is 0. The summed E-state index contributed by atoms with van der Waals surface area (Å²) in [5, 5.41) is 0. The fourth-order valence-corrected chi connectivity index (χ4v) is 2.67. The van der Waals surface area contributed by atoms with Gasteiger partial charge < -0.3 is 4.74 Å². The van der Waals surface area contributed by atoms with Gasteiger partial charge in [0.1, 0.15) is 0 Å². The van der Waals surface area contributed by atoms with E-state index in [9.17, 15) is 0 Å².